The van der Waals surface area contributed by atoms with Crippen molar-refractivity contribution in [1.82, 2.24) is 4.90 Å². The Hall–Kier alpha value is -1.59. The van der Waals surface area contributed by atoms with Gasteiger partial charge in [0.1, 0.15) is 5.60 Å². The number of anilines is 1. The third kappa shape index (κ3) is 5.84. The molecule has 1 fully saturated rings. The molecule has 1 atom stereocenters. The zero-order chi connectivity index (χ0) is 16.9. The van der Waals surface area contributed by atoms with Crippen molar-refractivity contribution < 1.29 is 14.6 Å². The van der Waals surface area contributed by atoms with Crippen LogP contribution in [0.4, 0.5) is 10.5 Å². The van der Waals surface area contributed by atoms with Crippen LogP contribution in [0.3, 0.4) is 0 Å². The van der Waals surface area contributed by atoms with E-state index < -0.39 is 11.7 Å². The number of hydrogen-bond donors (Lipinski definition) is 2. The van der Waals surface area contributed by atoms with E-state index in [0.29, 0.717) is 0 Å². The number of aliphatic hydroxyl groups excluding tert-OH is 1. The van der Waals surface area contributed by atoms with Crippen molar-refractivity contribution in [1.29, 1.82) is 0 Å². The lowest BCUT2D eigenvalue weighted by atomic mass is 10.0. The van der Waals surface area contributed by atoms with E-state index in [1.165, 1.54) is 12.8 Å². The van der Waals surface area contributed by atoms with Gasteiger partial charge in [0.25, 0.3) is 0 Å². The van der Waals surface area contributed by atoms with Crippen LogP contribution in [-0.2, 0) is 11.3 Å². The van der Waals surface area contributed by atoms with E-state index in [1.807, 2.05) is 45.0 Å². The monoisotopic (exact) mass is 320 g/mol. The van der Waals surface area contributed by atoms with Crippen molar-refractivity contribution in [3.63, 3.8) is 0 Å². The zero-order valence-corrected chi connectivity index (χ0v) is 14.3. The van der Waals surface area contributed by atoms with Crippen LogP contribution in [0.15, 0.2) is 24.3 Å². The first-order valence-electron chi connectivity index (χ1n) is 8.31. The van der Waals surface area contributed by atoms with Crippen molar-refractivity contribution >= 4 is 11.8 Å². The molecule has 1 heterocycles. The van der Waals surface area contributed by atoms with Crippen LogP contribution >= 0.6 is 0 Å². The number of carbonyl (C=O) groups is 1. The van der Waals surface area contributed by atoms with Crippen molar-refractivity contribution in [2.24, 2.45) is 0 Å². The number of aliphatic hydroxyl groups is 1. The number of amides is 1. The van der Waals surface area contributed by atoms with Gasteiger partial charge >= 0.3 is 6.09 Å². The summed E-state index contributed by atoms with van der Waals surface area (Å²) in [7, 11) is 0. The quantitative estimate of drug-likeness (QED) is 0.893. The van der Waals surface area contributed by atoms with Gasteiger partial charge in [-0.05, 0) is 57.9 Å². The van der Waals surface area contributed by atoms with Crippen molar-refractivity contribution in [2.45, 2.75) is 58.2 Å². The van der Waals surface area contributed by atoms with Crippen molar-refractivity contribution in [3.8, 4) is 0 Å². The maximum atomic E-state index is 11.9. The van der Waals surface area contributed by atoms with E-state index in [9.17, 15) is 9.90 Å². The molecule has 1 aromatic rings. The van der Waals surface area contributed by atoms with Crippen molar-refractivity contribution in [3.05, 3.63) is 29.8 Å². The number of likely N-dealkylation sites (tertiary alicyclic amines) is 1. The Kier molecular flexibility index (Phi) is 6.02. The first kappa shape index (κ1) is 17.8. The standard InChI is InChI=1S/C18H28N2O3/c1-18(2,3)23-17(22)19-15-8-6-7-14(11-15)12-20-10-5-4-9-16(20)13-21/h6-8,11,16,21H,4-5,9-10,12-13H2,1-3H3,(H,19,22)/t16-/m1/s1. The van der Waals surface area contributed by atoms with Gasteiger partial charge in [0.05, 0.1) is 6.61 Å². The molecular weight excluding hydrogens is 292 g/mol. The van der Waals surface area contributed by atoms with E-state index in [-0.39, 0.29) is 12.6 Å². The maximum absolute atomic E-state index is 11.9. The molecule has 1 aromatic carbocycles. The summed E-state index contributed by atoms with van der Waals surface area (Å²) < 4.78 is 5.27. The highest BCUT2D eigenvalue weighted by atomic mass is 16.6. The molecule has 0 spiro atoms. The number of benzene rings is 1. The van der Waals surface area contributed by atoms with Gasteiger partial charge in [-0.3, -0.25) is 10.2 Å². The van der Waals surface area contributed by atoms with Crippen LogP contribution in [0, 0.1) is 0 Å². The molecule has 23 heavy (non-hydrogen) atoms. The molecule has 5 heteroatoms. The predicted octanol–water partition coefficient (Wildman–Crippen LogP) is 3.38. The minimum Gasteiger partial charge on any atom is -0.444 e. The third-order valence-corrected chi connectivity index (χ3v) is 3.92. The van der Waals surface area contributed by atoms with Gasteiger partial charge in [0.15, 0.2) is 0 Å². The average molecular weight is 320 g/mol. The van der Waals surface area contributed by atoms with E-state index in [4.69, 9.17) is 4.74 Å². The fourth-order valence-electron chi connectivity index (χ4n) is 2.88. The van der Waals surface area contributed by atoms with Gasteiger partial charge in [-0.25, -0.2) is 4.79 Å². The number of carbonyl (C=O) groups excluding carboxylic acids is 1. The van der Waals surface area contributed by atoms with Crippen LogP contribution in [0.1, 0.15) is 45.6 Å². The lowest BCUT2D eigenvalue weighted by Crippen LogP contribution is -2.41. The molecule has 1 saturated heterocycles. The third-order valence-electron chi connectivity index (χ3n) is 3.92. The number of piperidine rings is 1. The molecule has 0 radical (unpaired) electrons. The summed E-state index contributed by atoms with van der Waals surface area (Å²) in [5.74, 6) is 0. The Balaban J connectivity index is 1.98. The summed E-state index contributed by atoms with van der Waals surface area (Å²) in [5, 5.41) is 12.3. The Morgan fingerprint density at radius 3 is 2.87 bits per heavy atom. The second-order valence-corrected chi connectivity index (χ2v) is 7.13. The molecule has 0 aliphatic carbocycles. The van der Waals surface area contributed by atoms with Gasteiger partial charge in [-0.2, -0.15) is 0 Å². The first-order valence-corrected chi connectivity index (χ1v) is 8.31. The first-order chi connectivity index (χ1) is 10.9. The van der Waals surface area contributed by atoms with Crippen LogP contribution in [0.2, 0.25) is 0 Å². The van der Waals surface area contributed by atoms with Gasteiger partial charge in [0, 0.05) is 18.3 Å². The second-order valence-electron chi connectivity index (χ2n) is 7.13. The summed E-state index contributed by atoms with van der Waals surface area (Å²) in [6.45, 7) is 7.52. The highest BCUT2D eigenvalue weighted by Crippen LogP contribution is 2.21. The Labute approximate surface area is 138 Å². The SMILES string of the molecule is CC(C)(C)OC(=O)Nc1cccc(CN2CCCC[C@@H]2CO)c1. The Morgan fingerprint density at radius 1 is 1.39 bits per heavy atom. The lowest BCUT2D eigenvalue weighted by Gasteiger charge is -2.34. The minimum atomic E-state index is -0.510. The van der Waals surface area contributed by atoms with Crippen LogP contribution in [-0.4, -0.2) is 40.9 Å². The molecule has 0 aromatic heterocycles. The maximum Gasteiger partial charge on any atom is 0.412 e. The molecule has 1 aliphatic rings. The fourth-order valence-corrected chi connectivity index (χ4v) is 2.88. The summed E-state index contributed by atoms with van der Waals surface area (Å²) in [6, 6.07) is 8.04. The molecule has 0 saturated carbocycles. The second kappa shape index (κ2) is 7.79. The zero-order valence-electron chi connectivity index (χ0n) is 14.3. The smallest absolute Gasteiger partial charge is 0.412 e. The van der Waals surface area contributed by atoms with Gasteiger partial charge < -0.3 is 9.84 Å². The number of ether oxygens (including phenoxy) is 1. The van der Waals surface area contributed by atoms with E-state index in [1.54, 1.807) is 0 Å². The molecular formula is C18H28N2O3. The summed E-state index contributed by atoms with van der Waals surface area (Å²) in [5.41, 5.74) is 1.34. The normalized spacial score (nSPS) is 19.4. The molecule has 2 N–H and O–H groups in total. The Bertz CT molecular complexity index is 525. The largest absolute Gasteiger partial charge is 0.444 e. The van der Waals surface area contributed by atoms with E-state index in [2.05, 4.69) is 10.2 Å². The van der Waals surface area contributed by atoms with Gasteiger partial charge in [-0.1, -0.05) is 18.6 Å². The highest BCUT2D eigenvalue weighted by molar-refractivity contribution is 5.84. The molecule has 0 unspecified atom stereocenters. The molecule has 5 nitrogen and oxygen atoms in total. The molecule has 2 rings (SSSR count). The minimum absolute atomic E-state index is 0.204. The van der Waals surface area contributed by atoms with Crippen molar-refractivity contribution in [2.75, 3.05) is 18.5 Å². The highest BCUT2D eigenvalue weighted by Gasteiger charge is 2.21. The molecule has 128 valence electrons. The number of nitrogens with zero attached hydrogens (tertiary/aromatic N) is 1. The Morgan fingerprint density at radius 2 is 2.17 bits per heavy atom. The summed E-state index contributed by atoms with van der Waals surface area (Å²) in [4.78, 5) is 14.2. The fraction of sp³-hybridized carbons (Fsp3) is 0.611. The predicted molar refractivity (Wildman–Crippen MR) is 91.4 cm³/mol. The number of rotatable bonds is 4. The topological polar surface area (TPSA) is 61.8 Å². The molecule has 1 amide bonds. The molecule has 0 bridgehead atoms. The van der Waals surface area contributed by atoms with Crippen LogP contribution in [0.25, 0.3) is 0 Å². The van der Waals surface area contributed by atoms with Gasteiger partial charge in [0.2, 0.25) is 0 Å². The number of nitrogens with one attached hydrogen (secondary N) is 1. The number of hydrogen-bond acceptors (Lipinski definition) is 4. The van der Waals surface area contributed by atoms with E-state index >= 15 is 0 Å². The molecule has 1 aliphatic heterocycles. The van der Waals surface area contributed by atoms with Crippen LogP contribution < -0.4 is 5.32 Å². The lowest BCUT2D eigenvalue weighted by molar-refractivity contribution is 0.0636. The average Bonchev–Trinajstić information content (AvgIpc) is 2.46. The van der Waals surface area contributed by atoms with Crippen LogP contribution in [0.5, 0.6) is 0 Å². The summed E-state index contributed by atoms with van der Waals surface area (Å²) in [6.07, 6.45) is 2.96. The summed E-state index contributed by atoms with van der Waals surface area (Å²) >= 11 is 0. The van der Waals surface area contributed by atoms with E-state index in [0.717, 1.165) is 30.8 Å². The van der Waals surface area contributed by atoms with Gasteiger partial charge in [-0.15, -0.1) is 0 Å².